The van der Waals surface area contributed by atoms with Crippen molar-refractivity contribution in [3.05, 3.63) is 60.2 Å². The number of anilines is 2. The second-order valence-corrected chi connectivity index (χ2v) is 8.41. The van der Waals surface area contributed by atoms with Gasteiger partial charge in [-0.2, -0.15) is 0 Å². The predicted molar refractivity (Wildman–Crippen MR) is 126 cm³/mol. The van der Waals surface area contributed by atoms with Crippen LogP contribution in [0.4, 0.5) is 11.4 Å². The highest BCUT2D eigenvalue weighted by Gasteiger charge is 2.29. The van der Waals surface area contributed by atoms with Gasteiger partial charge in [0.25, 0.3) is 5.91 Å². The Balaban J connectivity index is 1.26. The number of nitrogens with zero attached hydrogens (tertiary/aromatic N) is 3. The highest BCUT2D eigenvalue weighted by molar-refractivity contribution is 5.99. The smallest absolute Gasteiger partial charge is 0.266 e. The minimum atomic E-state index is -0.648. The monoisotopic (exact) mass is 434 g/mol. The summed E-state index contributed by atoms with van der Waals surface area (Å²) in [5.74, 6) is 0.211. The van der Waals surface area contributed by atoms with Crippen LogP contribution in [-0.4, -0.2) is 54.7 Å². The van der Waals surface area contributed by atoms with E-state index < -0.39 is 6.10 Å². The first-order chi connectivity index (χ1) is 15.5. The number of carbonyl (C=O) groups excluding carboxylic acids is 2. The molecule has 2 aromatic rings. The van der Waals surface area contributed by atoms with Crippen molar-refractivity contribution in [3.8, 4) is 0 Å². The first-order valence-corrected chi connectivity index (χ1v) is 11.2. The Morgan fingerprint density at radius 3 is 2.28 bits per heavy atom. The van der Waals surface area contributed by atoms with Crippen molar-refractivity contribution in [1.29, 1.82) is 0 Å². The van der Waals surface area contributed by atoms with E-state index in [1.807, 2.05) is 54.3 Å². The SMILES string of the molecule is CC(=NOC(C)C(=O)N1CCN(c2ccccc2)CC1)c1ccc(NC(=O)C2CC2)cc1. The van der Waals surface area contributed by atoms with E-state index in [1.54, 1.807) is 6.92 Å². The molecule has 0 radical (unpaired) electrons. The van der Waals surface area contributed by atoms with Crippen molar-refractivity contribution in [2.75, 3.05) is 36.4 Å². The van der Waals surface area contributed by atoms with Crippen LogP contribution in [0.25, 0.3) is 0 Å². The van der Waals surface area contributed by atoms with Gasteiger partial charge < -0.3 is 20.0 Å². The molecule has 7 heteroatoms. The number of carbonyl (C=O) groups is 2. The molecule has 2 amide bonds. The lowest BCUT2D eigenvalue weighted by atomic mass is 10.1. The molecule has 1 saturated carbocycles. The first kappa shape index (κ1) is 21.9. The molecule has 4 rings (SSSR count). The Bertz CT molecular complexity index is 962. The molecule has 7 nitrogen and oxygen atoms in total. The van der Waals surface area contributed by atoms with E-state index in [-0.39, 0.29) is 17.7 Å². The molecule has 2 aliphatic rings. The Labute approximate surface area is 189 Å². The molecular formula is C25H30N4O3. The van der Waals surface area contributed by atoms with Crippen LogP contribution in [0.3, 0.4) is 0 Å². The van der Waals surface area contributed by atoms with Crippen LogP contribution in [0.1, 0.15) is 32.3 Å². The van der Waals surface area contributed by atoms with E-state index in [9.17, 15) is 9.59 Å². The molecule has 1 aliphatic carbocycles. The third-order valence-electron chi connectivity index (χ3n) is 5.93. The molecule has 1 unspecified atom stereocenters. The van der Waals surface area contributed by atoms with Gasteiger partial charge in [-0.3, -0.25) is 9.59 Å². The number of oxime groups is 1. The van der Waals surface area contributed by atoms with Gasteiger partial charge in [0.15, 0.2) is 0 Å². The second-order valence-electron chi connectivity index (χ2n) is 8.41. The number of hydrogen-bond donors (Lipinski definition) is 1. The zero-order chi connectivity index (χ0) is 22.5. The molecule has 32 heavy (non-hydrogen) atoms. The fourth-order valence-corrected chi connectivity index (χ4v) is 3.72. The fourth-order valence-electron chi connectivity index (χ4n) is 3.72. The number of piperazine rings is 1. The lowest BCUT2D eigenvalue weighted by Gasteiger charge is -2.36. The van der Waals surface area contributed by atoms with Crippen LogP contribution in [0, 0.1) is 5.92 Å². The minimum Gasteiger partial charge on any atom is -0.382 e. The van der Waals surface area contributed by atoms with E-state index in [0.717, 1.165) is 37.2 Å². The summed E-state index contributed by atoms with van der Waals surface area (Å²) >= 11 is 0. The third-order valence-corrected chi connectivity index (χ3v) is 5.93. The number of nitrogens with one attached hydrogen (secondary N) is 1. The molecule has 2 aromatic carbocycles. The summed E-state index contributed by atoms with van der Waals surface area (Å²) in [6.45, 7) is 6.51. The molecule has 1 saturated heterocycles. The van der Waals surface area contributed by atoms with Crippen molar-refractivity contribution in [2.45, 2.75) is 32.8 Å². The van der Waals surface area contributed by atoms with Gasteiger partial charge in [-0.05, 0) is 56.5 Å². The Hall–Kier alpha value is -3.35. The maximum atomic E-state index is 12.8. The average molecular weight is 435 g/mol. The van der Waals surface area contributed by atoms with Crippen LogP contribution >= 0.6 is 0 Å². The predicted octanol–water partition coefficient (Wildman–Crippen LogP) is 3.51. The lowest BCUT2D eigenvalue weighted by Crippen LogP contribution is -2.51. The zero-order valence-corrected chi connectivity index (χ0v) is 18.7. The number of rotatable bonds is 7. The lowest BCUT2D eigenvalue weighted by molar-refractivity contribution is -0.142. The molecule has 0 aromatic heterocycles. The van der Waals surface area contributed by atoms with E-state index in [1.165, 1.54) is 5.69 Å². The minimum absolute atomic E-state index is 0.0487. The van der Waals surface area contributed by atoms with Gasteiger partial charge in [0.2, 0.25) is 12.0 Å². The number of benzene rings is 2. The molecule has 1 heterocycles. The molecule has 0 bridgehead atoms. The van der Waals surface area contributed by atoms with Crippen LogP contribution in [0.2, 0.25) is 0 Å². The molecule has 168 valence electrons. The Morgan fingerprint density at radius 2 is 1.66 bits per heavy atom. The standard InChI is InChI=1S/C25H30N4O3/c1-18(20-10-12-22(13-11-20)26-24(30)21-8-9-21)27-32-19(2)25(31)29-16-14-28(15-17-29)23-6-4-3-5-7-23/h3-7,10-13,19,21H,8-9,14-17H2,1-2H3,(H,26,30). The van der Waals surface area contributed by atoms with Crippen molar-refractivity contribution >= 4 is 28.9 Å². The summed E-state index contributed by atoms with van der Waals surface area (Å²) in [6, 6.07) is 17.7. The average Bonchev–Trinajstić information content (AvgIpc) is 3.69. The summed E-state index contributed by atoms with van der Waals surface area (Å²) in [5.41, 5.74) is 3.52. The summed E-state index contributed by atoms with van der Waals surface area (Å²) in [6.07, 6.45) is 1.31. The van der Waals surface area contributed by atoms with Crippen molar-refractivity contribution in [3.63, 3.8) is 0 Å². The second kappa shape index (κ2) is 9.85. The van der Waals surface area contributed by atoms with Gasteiger partial charge in [-0.25, -0.2) is 0 Å². The maximum absolute atomic E-state index is 12.8. The number of hydrogen-bond acceptors (Lipinski definition) is 5. The molecule has 1 atom stereocenters. The van der Waals surface area contributed by atoms with Crippen molar-refractivity contribution in [1.82, 2.24) is 4.90 Å². The van der Waals surface area contributed by atoms with Gasteiger partial charge in [-0.15, -0.1) is 0 Å². The summed E-state index contributed by atoms with van der Waals surface area (Å²) in [5, 5.41) is 7.09. The Kier molecular flexibility index (Phi) is 6.73. The topological polar surface area (TPSA) is 74.2 Å². The van der Waals surface area contributed by atoms with E-state index in [0.29, 0.717) is 18.8 Å². The third kappa shape index (κ3) is 5.46. The maximum Gasteiger partial charge on any atom is 0.266 e. The summed E-state index contributed by atoms with van der Waals surface area (Å²) in [7, 11) is 0. The molecular weight excluding hydrogens is 404 g/mol. The van der Waals surface area contributed by atoms with E-state index in [4.69, 9.17) is 4.84 Å². The van der Waals surface area contributed by atoms with Crippen LogP contribution in [0.5, 0.6) is 0 Å². The van der Waals surface area contributed by atoms with Gasteiger partial charge in [0.05, 0.1) is 5.71 Å². The highest BCUT2D eigenvalue weighted by atomic mass is 16.6. The molecule has 1 N–H and O–H groups in total. The number of amides is 2. The zero-order valence-electron chi connectivity index (χ0n) is 18.7. The first-order valence-electron chi connectivity index (χ1n) is 11.2. The van der Waals surface area contributed by atoms with Gasteiger partial charge >= 0.3 is 0 Å². The fraction of sp³-hybridized carbons (Fsp3) is 0.400. The Morgan fingerprint density at radius 1 is 1.00 bits per heavy atom. The van der Waals surface area contributed by atoms with Gasteiger partial charge in [-0.1, -0.05) is 35.5 Å². The quantitative estimate of drug-likeness (QED) is 0.535. The highest BCUT2D eigenvalue weighted by Crippen LogP contribution is 2.30. The van der Waals surface area contributed by atoms with Crippen LogP contribution in [-0.2, 0) is 14.4 Å². The largest absolute Gasteiger partial charge is 0.382 e. The van der Waals surface area contributed by atoms with E-state index >= 15 is 0 Å². The molecule has 1 aliphatic heterocycles. The van der Waals surface area contributed by atoms with Crippen LogP contribution < -0.4 is 10.2 Å². The van der Waals surface area contributed by atoms with Gasteiger partial charge in [0, 0.05) is 43.5 Å². The normalized spacial score (nSPS) is 17.6. The van der Waals surface area contributed by atoms with Crippen LogP contribution in [0.15, 0.2) is 59.8 Å². The number of para-hydroxylation sites is 1. The van der Waals surface area contributed by atoms with Crippen molar-refractivity contribution < 1.29 is 14.4 Å². The molecule has 2 fully saturated rings. The summed E-state index contributed by atoms with van der Waals surface area (Å²) in [4.78, 5) is 34.3. The van der Waals surface area contributed by atoms with Gasteiger partial charge in [0.1, 0.15) is 0 Å². The summed E-state index contributed by atoms with van der Waals surface area (Å²) < 4.78 is 0. The molecule has 0 spiro atoms. The van der Waals surface area contributed by atoms with Crippen molar-refractivity contribution in [2.24, 2.45) is 11.1 Å². The van der Waals surface area contributed by atoms with E-state index in [2.05, 4.69) is 27.5 Å².